The van der Waals surface area contributed by atoms with Crippen molar-refractivity contribution in [3.8, 4) is 34.4 Å². The molecule has 2 N–H and O–H groups in total. The highest BCUT2D eigenvalue weighted by molar-refractivity contribution is 5.66. The maximum absolute atomic E-state index is 5.64. The summed E-state index contributed by atoms with van der Waals surface area (Å²) < 4.78 is 26.8. The highest BCUT2D eigenvalue weighted by Gasteiger charge is 2.17. The number of methoxy groups -OCH3 is 3. The summed E-state index contributed by atoms with van der Waals surface area (Å²) in [5.41, 5.74) is 6.98. The molecule has 0 saturated carbocycles. The van der Waals surface area contributed by atoms with Gasteiger partial charge in [0.2, 0.25) is 11.6 Å². The first-order valence-corrected chi connectivity index (χ1v) is 7.76. The van der Waals surface area contributed by atoms with Crippen LogP contribution in [0.4, 0.5) is 5.69 Å². The molecule has 0 amide bonds. The molecule has 26 heavy (non-hydrogen) atoms. The summed E-state index contributed by atoms with van der Waals surface area (Å²) in [6.07, 6.45) is 0. The Balaban J connectivity index is 1.79. The molecule has 1 heterocycles. The Morgan fingerprint density at radius 1 is 0.962 bits per heavy atom. The molecule has 0 aliphatic rings. The number of nitrogen functional groups attached to an aromatic ring is 1. The third-order valence-electron chi connectivity index (χ3n) is 3.63. The van der Waals surface area contributed by atoms with Crippen molar-refractivity contribution >= 4 is 5.69 Å². The van der Waals surface area contributed by atoms with Gasteiger partial charge in [-0.3, -0.25) is 0 Å². The van der Waals surface area contributed by atoms with Crippen LogP contribution < -0.4 is 24.7 Å². The average molecular weight is 357 g/mol. The van der Waals surface area contributed by atoms with Gasteiger partial charge in [0.1, 0.15) is 5.75 Å². The maximum Gasteiger partial charge on any atom is 0.264 e. The molecule has 0 bridgehead atoms. The first-order valence-electron chi connectivity index (χ1n) is 7.76. The Morgan fingerprint density at radius 3 is 2.19 bits per heavy atom. The quantitative estimate of drug-likeness (QED) is 0.644. The van der Waals surface area contributed by atoms with Crippen molar-refractivity contribution in [3.63, 3.8) is 0 Å². The summed E-state index contributed by atoms with van der Waals surface area (Å²) in [4.78, 5) is 4.34. The molecule has 0 fully saturated rings. The molecule has 8 nitrogen and oxygen atoms in total. The van der Waals surface area contributed by atoms with Gasteiger partial charge in [0.25, 0.3) is 5.89 Å². The molecule has 2 aromatic carbocycles. The molecule has 8 heteroatoms. The van der Waals surface area contributed by atoms with Gasteiger partial charge in [-0.15, -0.1) is 0 Å². The summed E-state index contributed by atoms with van der Waals surface area (Å²) in [7, 11) is 4.63. The van der Waals surface area contributed by atoms with Gasteiger partial charge in [0.15, 0.2) is 18.1 Å². The fourth-order valence-electron chi connectivity index (χ4n) is 2.35. The summed E-state index contributed by atoms with van der Waals surface area (Å²) in [5, 5.41) is 3.98. The smallest absolute Gasteiger partial charge is 0.264 e. The molecule has 0 atom stereocenters. The lowest BCUT2D eigenvalue weighted by atomic mass is 10.1. The van der Waals surface area contributed by atoms with E-state index in [2.05, 4.69) is 10.1 Å². The lowest BCUT2D eigenvalue weighted by Gasteiger charge is -2.12. The minimum Gasteiger partial charge on any atom is -0.493 e. The molecule has 0 spiro atoms. The second kappa shape index (κ2) is 7.64. The zero-order chi connectivity index (χ0) is 18.5. The van der Waals surface area contributed by atoms with E-state index in [1.54, 1.807) is 57.7 Å². The lowest BCUT2D eigenvalue weighted by molar-refractivity contribution is 0.243. The van der Waals surface area contributed by atoms with E-state index in [4.69, 9.17) is 29.2 Å². The average Bonchev–Trinajstić information content (AvgIpc) is 3.15. The van der Waals surface area contributed by atoms with Crippen LogP contribution >= 0.6 is 0 Å². The van der Waals surface area contributed by atoms with Crippen molar-refractivity contribution in [1.82, 2.24) is 10.1 Å². The summed E-state index contributed by atoms with van der Waals surface area (Å²) in [5.74, 6) is 2.89. The number of anilines is 1. The van der Waals surface area contributed by atoms with Crippen LogP contribution in [0.2, 0.25) is 0 Å². The standard InChI is InChI=1S/C18H19N3O5/c1-22-14-8-11(9-15(23-2)17(14)24-3)18-20-16(26-21-18)10-25-13-6-4-12(19)5-7-13/h4-9H,10,19H2,1-3H3. The second-order valence-electron chi connectivity index (χ2n) is 5.28. The minimum atomic E-state index is 0.140. The molecule has 0 unspecified atom stereocenters. The molecule has 0 saturated heterocycles. The number of nitrogens with zero attached hydrogens (tertiary/aromatic N) is 2. The Labute approximate surface area is 150 Å². The Hall–Kier alpha value is -3.42. The zero-order valence-corrected chi connectivity index (χ0v) is 14.7. The molecule has 3 aromatic rings. The first-order chi connectivity index (χ1) is 12.6. The third-order valence-corrected chi connectivity index (χ3v) is 3.63. The van der Waals surface area contributed by atoms with Crippen molar-refractivity contribution in [2.24, 2.45) is 0 Å². The number of rotatable bonds is 7. The normalized spacial score (nSPS) is 10.4. The largest absolute Gasteiger partial charge is 0.493 e. The van der Waals surface area contributed by atoms with E-state index in [1.165, 1.54) is 0 Å². The molecule has 0 aliphatic heterocycles. The fraction of sp³-hybridized carbons (Fsp3) is 0.222. The predicted octanol–water partition coefficient (Wildman–Crippen LogP) is 2.92. The summed E-state index contributed by atoms with van der Waals surface area (Å²) >= 11 is 0. The highest BCUT2D eigenvalue weighted by atomic mass is 16.5. The van der Waals surface area contributed by atoms with Crippen LogP contribution in [0.1, 0.15) is 5.89 Å². The number of benzene rings is 2. The van der Waals surface area contributed by atoms with Gasteiger partial charge >= 0.3 is 0 Å². The van der Waals surface area contributed by atoms with Crippen LogP contribution in [0.3, 0.4) is 0 Å². The topological polar surface area (TPSA) is 102 Å². The van der Waals surface area contributed by atoms with E-state index in [0.717, 1.165) is 0 Å². The molecule has 3 rings (SSSR count). The molecule has 1 aromatic heterocycles. The molecule has 136 valence electrons. The van der Waals surface area contributed by atoms with Gasteiger partial charge in [-0.2, -0.15) is 4.98 Å². The first kappa shape index (κ1) is 17.4. The molecular weight excluding hydrogens is 338 g/mol. The van der Waals surface area contributed by atoms with Crippen LogP contribution in [-0.2, 0) is 6.61 Å². The van der Waals surface area contributed by atoms with Crippen molar-refractivity contribution in [2.75, 3.05) is 27.1 Å². The van der Waals surface area contributed by atoms with Crippen molar-refractivity contribution < 1.29 is 23.5 Å². The van der Waals surface area contributed by atoms with Crippen molar-refractivity contribution in [3.05, 3.63) is 42.3 Å². The number of nitrogens with two attached hydrogens (primary N) is 1. The van der Waals surface area contributed by atoms with Crippen LogP contribution in [0.5, 0.6) is 23.0 Å². The molecule has 0 radical (unpaired) electrons. The lowest BCUT2D eigenvalue weighted by Crippen LogP contribution is -1.97. The van der Waals surface area contributed by atoms with E-state index in [1.807, 2.05) is 0 Å². The van der Waals surface area contributed by atoms with Gasteiger partial charge < -0.3 is 29.2 Å². The Bertz CT molecular complexity index is 852. The Kier molecular flexibility index (Phi) is 5.12. The predicted molar refractivity (Wildman–Crippen MR) is 94.6 cm³/mol. The Morgan fingerprint density at radius 2 is 1.62 bits per heavy atom. The molecule has 0 aliphatic carbocycles. The highest BCUT2D eigenvalue weighted by Crippen LogP contribution is 2.40. The van der Waals surface area contributed by atoms with E-state index >= 15 is 0 Å². The number of aromatic nitrogens is 2. The van der Waals surface area contributed by atoms with Gasteiger partial charge in [0, 0.05) is 11.3 Å². The second-order valence-corrected chi connectivity index (χ2v) is 5.28. The SMILES string of the molecule is COc1cc(-c2noc(COc3ccc(N)cc3)n2)cc(OC)c1OC. The molecular formula is C18H19N3O5. The van der Waals surface area contributed by atoms with Crippen LogP contribution in [0, 0.1) is 0 Å². The van der Waals surface area contributed by atoms with Gasteiger partial charge in [-0.05, 0) is 36.4 Å². The van der Waals surface area contributed by atoms with Crippen LogP contribution in [-0.4, -0.2) is 31.5 Å². The van der Waals surface area contributed by atoms with Gasteiger partial charge in [0.05, 0.1) is 21.3 Å². The number of hydrogen-bond donors (Lipinski definition) is 1. The fourth-order valence-corrected chi connectivity index (χ4v) is 2.35. The minimum absolute atomic E-state index is 0.140. The monoisotopic (exact) mass is 357 g/mol. The van der Waals surface area contributed by atoms with Crippen molar-refractivity contribution in [1.29, 1.82) is 0 Å². The van der Waals surface area contributed by atoms with E-state index < -0.39 is 0 Å². The third kappa shape index (κ3) is 3.64. The van der Waals surface area contributed by atoms with Crippen LogP contribution in [0.25, 0.3) is 11.4 Å². The van der Waals surface area contributed by atoms with Gasteiger partial charge in [-0.1, -0.05) is 5.16 Å². The summed E-state index contributed by atoms with van der Waals surface area (Å²) in [6, 6.07) is 10.5. The van der Waals surface area contributed by atoms with Crippen molar-refractivity contribution in [2.45, 2.75) is 6.61 Å². The number of ether oxygens (including phenoxy) is 4. The van der Waals surface area contributed by atoms with E-state index in [9.17, 15) is 0 Å². The van der Waals surface area contributed by atoms with E-state index in [0.29, 0.717) is 46.0 Å². The maximum atomic E-state index is 5.64. The summed E-state index contributed by atoms with van der Waals surface area (Å²) in [6.45, 7) is 0.140. The van der Waals surface area contributed by atoms with E-state index in [-0.39, 0.29) is 6.61 Å². The number of hydrogen-bond acceptors (Lipinski definition) is 8. The van der Waals surface area contributed by atoms with Crippen LogP contribution in [0.15, 0.2) is 40.9 Å². The zero-order valence-electron chi connectivity index (χ0n) is 14.7. The van der Waals surface area contributed by atoms with Gasteiger partial charge in [-0.25, -0.2) is 0 Å².